The Kier molecular flexibility index (Phi) is 4.77. The van der Waals surface area contributed by atoms with E-state index >= 15 is 0 Å². The van der Waals surface area contributed by atoms with E-state index < -0.39 is 17.5 Å². The lowest BCUT2D eigenvalue weighted by atomic mass is 9.85. The molecule has 7 heteroatoms. The van der Waals surface area contributed by atoms with Crippen LogP contribution in [-0.2, 0) is 6.54 Å². The fourth-order valence-electron chi connectivity index (χ4n) is 3.73. The number of halogens is 3. The van der Waals surface area contributed by atoms with Gasteiger partial charge in [0, 0.05) is 18.0 Å². The molecular weight excluding hydrogens is 365 g/mol. The van der Waals surface area contributed by atoms with Crippen LogP contribution in [0.3, 0.4) is 0 Å². The third kappa shape index (κ3) is 3.45. The summed E-state index contributed by atoms with van der Waals surface area (Å²) in [4.78, 5) is 2.12. The number of hydrogen-bond acceptors (Lipinski definition) is 4. The van der Waals surface area contributed by atoms with Gasteiger partial charge in [0.15, 0.2) is 11.6 Å². The monoisotopic (exact) mass is 384 g/mol. The summed E-state index contributed by atoms with van der Waals surface area (Å²) in [6.45, 7) is 1.36. The van der Waals surface area contributed by atoms with E-state index in [2.05, 4.69) is 15.1 Å². The Bertz CT molecular complexity index is 1020. The van der Waals surface area contributed by atoms with Gasteiger partial charge in [-0.1, -0.05) is 6.07 Å². The van der Waals surface area contributed by atoms with Gasteiger partial charge in [0.1, 0.15) is 11.6 Å². The molecule has 0 aliphatic carbocycles. The van der Waals surface area contributed by atoms with Crippen molar-refractivity contribution >= 4 is 5.82 Å². The van der Waals surface area contributed by atoms with Gasteiger partial charge in [-0.2, -0.15) is 0 Å². The van der Waals surface area contributed by atoms with Crippen LogP contribution < -0.4 is 5.73 Å². The number of benzene rings is 2. The number of rotatable bonds is 2. The number of nitrogens with two attached hydrogens (primary N) is 1. The van der Waals surface area contributed by atoms with Gasteiger partial charge in [0.25, 0.3) is 0 Å². The van der Waals surface area contributed by atoms with Crippen LogP contribution in [0.25, 0.3) is 11.3 Å². The summed E-state index contributed by atoms with van der Waals surface area (Å²) in [5.74, 6) is -2.19. The molecule has 1 unspecified atom stereocenters. The van der Waals surface area contributed by atoms with Crippen molar-refractivity contribution in [2.24, 2.45) is 0 Å². The molecule has 1 aliphatic rings. The number of nitrogen functional groups attached to an aromatic ring is 1. The smallest absolute Gasteiger partial charge is 0.159 e. The molecule has 0 spiro atoms. The number of anilines is 1. The fraction of sp³-hybridized carbons (Fsp3) is 0.238. The minimum atomic E-state index is -0.897. The van der Waals surface area contributed by atoms with Crippen molar-refractivity contribution in [3.63, 3.8) is 0 Å². The van der Waals surface area contributed by atoms with Gasteiger partial charge in [0.05, 0.1) is 5.69 Å². The van der Waals surface area contributed by atoms with Gasteiger partial charge in [-0.3, -0.25) is 0 Å². The normalized spacial score (nSPS) is 17.2. The highest BCUT2D eigenvalue weighted by Gasteiger charge is 2.25. The van der Waals surface area contributed by atoms with Crippen LogP contribution in [0.2, 0.25) is 0 Å². The quantitative estimate of drug-likeness (QED) is 0.723. The predicted molar refractivity (Wildman–Crippen MR) is 101 cm³/mol. The minimum Gasteiger partial charge on any atom is -0.382 e. The van der Waals surface area contributed by atoms with Crippen molar-refractivity contribution in [3.8, 4) is 11.3 Å². The first-order valence-corrected chi connectivity index (χ1v) is 8.98. The summed E-state index contributed by atoms with van der Waals surface area (Å²) in [5, 5.41) is 7.78. The van der Waals surface area contributed by atoms with Crippen molar-refractivity contribution < 1.29 is 13.2 Å². The highest BCUT2D eigenvalue weighted by atomic mass is 19.2. The van der Waals surface area contributed by atoms with Gasteiger partial charge in [-0.05, 0) is 73.1 Å². The first-order valence-electron chi connectivity index (χ1n) is 8.98. The average molecular weight is 384 g/mol. The second kappa shape index (κ2) is 7.24. The Morgan fingerprint density at radius 3 is 2.50 bits per heavy atom. The number of nitrogens with zero attached hydrogens (tertiary/aromatic N) is 3. The van der Waals surface area contributed by atoms with Crippen molar-refractivity contribution in [1.82, 2.24) is 15.1 Å². The molecule has 2 N–H and O–H groups in total. The van der Waals surface area contributed by atoms with Crippen LogP contribution in [-0.4, -0.2) is 28.7 Å². The highest BCUT2D eigenvalue weighted by molar-refractivity contribution is 5.63. The summed E-state index contributed by atoms with van der Waals surface area (Å²) in [5.41, 5.74) is 8.63. The molecule has 1 aliphatic heterocycles. The van der Waals surface area contributed by atoms with E-state index in [-0.39, 0.29) is 11.7 Å². The van der Waals surface area contributed by atoms with Crippen molar-refractivity contribution in [2.75, 3.05) is 19.3 Å². The summed E-state index contributed by atoms with van der Waals surface area (Å²) in [6, 6.07) is 10.3. The lowest BCUT2D eigenvalue weighted by Gasteiger charge is -2.19. The first-order chi connectivity index (χ1) is 13.4. The second-order valence-corrected chi connectivity index (χ2v) is 7.13. The van der Waals surface area contributed by atoms with E-state index in [0.29, 0.717) is 29.8 Å². The van der Waals surface area contributed by atoms with Gasteiger partial charge in [0.2, 0.25) is 0 Å². The lowest BCUT2D eigenvalue weighted by molar-refractivity contribution is 0.328. The van der Waals surface area contributed by atoms with Crippen LogP contribution in [0.4, 0.5) is 19.0 Å². The Balaban J connectivity index is 1.83. The zero-order chi connectivity index (χ0) is 19.8. The summed E-state index contributed by atoms with van der Waals surface area (Å²) in [6.07, 6.45) is 0.676. The highest BCUT2D eigenvalue weighted by Crippen LogP contribution is 2.37. The summed E-state index contributed by atoms with van der Waals surface area (Å²) in [7, 11) is 1.98. The second-order valence-electron chi connectivity index (χ2n) is 7.13. The van der Waals surface area contributed by atoms with E-state index in [9.17, 15) is 13.2 Å². The van der Waals surface area contributed by atoms with Crippen molar-refractivity contribution in [3.05, 3.63) is 76.6 Å². The Hall–Kier alpha value is -2.93. The number of fused-ring (bicyclic) bond motifs is 1. The van der Waals surface area contributed by atoms with E-state index in [0.717, 1.165) is 23.7 Å². The van der Waals surface area contributed by atoms with Crippen LogP contribution in [0.1, 0.15) is 29.0 Å². The molecule has 0 saturated heterocycles. The third-order valence-electron chi connectivity index (χ3n) is 5.15. The molecule has 144 valence electrons. The molecule has 1 atom stereocenters. The van der Waals surface area contributed by atoms with Crippen molar-refractivity contribution in [1.29, 1.82) is 0 Å². The molecule has 1 aromatic heterocycles. The van der Waals surface area contributed by atoms with E-state index in [1.165, 1.54) is 12.1 Å². The molecule has 0 saturated carbocycles. The summed E-state index contributed by atoms with van der Waals surface area (Å²) >= 11 is 0. The topological polar surface area (TPSA) is 55.0 Å². The van der Waals surface area contributed by atoms with E-state index in [1.807, 2.05) is 7.05 Å². The van der Waals surface area contributed by atoms with Crippen LogP contribution >= 0.6 is 0 Å². The number of hydrogen-bond donors (Lipinski definition) is 1. The Labute approximate surface area is 160 Å². The van der Waals surface area contributed by atoms with E-state index in [4.69, 9.17) is 5.73 Å². The standard InChI is InChI=1S/C21H19F3N4/c1-28-7-6-14(12-2-3-17(22)19(24)9-12)15-10-18(23)16(8-13(15)11-28)20-4-5-21(25)27-26-20/h2-5,8-10,14H,6-7,11H2,1H3,(H2,25,27). The van der Waals surface area contributed by atoms with Crippen molar-refractivity contribution in [2.45, 2.75) is 18.9 Å². The lowest BCUT2D eigenvalue weighted by Crippen LogP contribution is -2.17. The van der Waals surface area contributed by atoms with Crippen LogP contribution in [0.15, 0.2) is 42.5 Å². The molecule has 0 amide bonds. The molecule has 3 aromatic rings. The van der Waals surface area contributed by atoms with Crippen LogP contribution in [0.5, 0.6) is 0 Å². The van der Waals surface area contributed by atoms with Gasteiger partial charge >= 0.3 is 0 Å². The molecule has 4 nitrogen and oxygen atoms in total. The molecule has 2 aromatic carbocycles. The predicted octanol–water partition coefficient (Wildman–Crippen LogP) is 4.11. The zero-order valence-corrected chi connectivity index (χ0v) is 15.3. The number of aromatic nitrogens is 2. The molecule has 4 rings (SSSR count). The maximum atomic E-state index is 15.0. The summed E-state index contributed by atoms with van der Waals surface area (Å²) < 4.78 is 42.2. The third-order valence-corrected chi connectivity index (χ3v) is 5.15. The van der Waals surface area contributed by atoms with E-state index in [1.54, 1.807) is 24.3 Å². The molecule has 0 bridgehead atoms. The molecule has 0 fully saturated rings. The zero-order valence-electron chi connectivity index (χ0n) is 15.3. The Morgan fingerprint density at radius 1 is 0.964 bits per heavy atom. The maximum absolute atomic E-state index is 15.0. The van der Waals surface area contributed by atoms with Gasteiger partial charge < -0.3 is 10.6 Å². The fourth-order valence-corrected chi connectivity index (χ4v) is 3.73. The molecule has 2 heterocycles. The Morgan fingerprint density at radius 2 is 1.79 bits per heavy atom. The SMILES string of the molecule is CN1CCC(c2ccc(F)c(F)c2)c2cc(F)c(-c3ccc(N)nn3)cc2C1. The van der Waals surface area contributed by atoms with Gasteiger partial charge in [-0.15, -0.1) is 10.2 Å². The average Bonchev–Trinajstić information content (AvgIpc) is 2.82. The molecule has 0 radical (unpaired) electrons. The maximum Gasteiger partial charge on any atom is 0.159 e. The minimum absolute atomic E-state index is 0.226. The largest absolute Gasteiger partial charge is 0.382 e. The molecule has 28 heavy (non-hydrogen) atoms. The van der Waals surface area contributed by atoms with Crippen LogP contribution in [0, 0.1) is 17.5 Å². The van der Waals surface area contributed by atoms with Gasteiger partial charge in [-0.25, -0.2) is 13.2 Å². The first kappa shape index (κ1) is 18.4. The molecular formula is C21H19F3N4.